The zero-order valence-corrected chi connectivity index (χ0v) is 17.2. The number of para-hydroxylation sites is 2. The van der Waals surface area contributed by atoms with Gasteiger partial charge in [-0.3, -0.25) is 4.79 Å². The highest BCUT2D eigenvalue weighted by atomic mass is 32.2. The molecule has 4 rings (SSSR count). The van der Waals surface area contributed by atoms with Crippen molar-refractivity contribution >= 4 is 28.6 Å². The second-order valence-corrected chi connectivity index (χ2v) is 7.80. The first-order chi connectivity index (χ1) is 14.1. The van der Waals surface area contributed by atoms with Crippen molar-refractivity contribution in [2.45, 2.75) is 25.4 Å². The van der Waals surface area contributed by atoms with Crippen LogP contribution in [0.5, 0.6) is 0 Å². The summed E-state index contributed by atoms with van der Waals surface area (Å²) in [6, 6.07) is 14.2. The van der Waals surface area contributed by atoms with Crippen molar-refractivity contribution in [3.63, 3.8) is 0 Å². The van der Waals surface area contributed by atoms with E-state index in [-0.39, 0.29) is 11.7 Å². The number of amides is 1. The molecule has 2 aromatic heterocycles. The molecule has 2 aromatic carbocycles. The molecule has 0 aliphatic rings. The minimum Gasteiger partial charge on any atom is -0.361 e. The van der Waals surface area contributed by atoms with Crippen LogP contribution in [0.1, 0.15) is 16.7 Å². The highest BCUT2D eigenvalue weighted by Crippen LogP contribution is 2.23. The minimum atomic E-state index is -0.0362. The van der Waals surface area contributed by atoms with Gasteiger partial charge in [0, 0.05) is 23.6 Å². The number of nitrogens with zero attached hydrogens (tertiary/aromatic N) is 4. The van der Waals surface area contributed by atoms with Crippen molar-refractivity contribution in [2.75, 3.05) is 12.3 Å². The van der Waals surface area contributed by atoms with Crippen LogP contribution in [-0.4, -0.2) is 43.4 Å². The van der Waals surface area contributed by atoms with E-state index in [2.05, 4.69) is 38.0 Å². The molecule has 0 spiro atoms. The summed E-state index contributed by atoms with van der Waals surface area (Å²) in [5.74, 6) is 0.227. The summed E-state index contributed by atoms with van der Waals surface area (Å²) in [6.07, 6.45) is 2.78. The number of hydrogen-bond acceptors (Lipinski definition) is 5. The molecule has 2 N–H and O–H groups in total. The summed E-state index contributed by atoms with van der Waals surface area (Å²) in [4.78, 5) is 15.6. The highest BCUT2D eigenvalue weighted by molar-refractivity contribution is 7.99. The van der Waals surface area contributed by atoms with Gasteiger partial charge in [-0.15, -0.1) is 5.10 Å². The molecule has 0 radical (unpaired) electrons. The average molecular weight is 407 g/mol. The lowest BCUT2D eigenvalue weighted by atomic mass is 10.1. The second-order valence-electron chi connectivity index (χ2n) is 6.86. The Morgan fingerprint density at radius 1 is 1.14 bits per heavy atom. The Hall–Kier alpha value is -3.13. The molecule has 29 heavy (non-hydrogen) atoms. The fourth-order valence-electron chi connectivity index (χ4n) is 3.41. The normalized spacial score (nSPS) is 11.1. The summed E-state index contributed by atoms with van der Waals surface area (Å²) in [7, 11) is 0. The molecule has 0 saturated heterocycles. The van der Waals surface area contributed by atoms with Gasteiger partial charge >= 0.3 is 0 Å². The monoisotopic (exact) mass is 406 g/mol. The Kier molecular flexibility index (Phi) is 5.62. The van der Waals surface area contributed by atoms with E-state index in [0.717, 1.165) is 28.8 Å². The van der Waals surface area contributed by atoms with Gasteiger partial charge in [-0.1, -0.05) is 48.2 Å². The van der Waals surface area contributed by atoms with Gasteiger partial charge in [-0.25, -0.2) is 0 Å². The van der Waals surface area contributed by atoms with Gasteiger partial charge in [0.1, 0.15) is 0 Å². The number of thioether (sulfide) groups is 1. The first-order valence-corrected chi connectivity index (χ1v) is 10.4. The summed E-state index contributed by atoms with van der Waals surface area (Å²) in [5.41, 5.74) is 5.44. The quantitative estimate of drug-likeness (QED) is 0.460. The van der Waals surface area contributed by atoms with Gasteiger partial charge in [0.2, 0.25) is 11.1 Å². The largest absolute Gasteiger partial charge is 0.361 e. The number of carbonyl (C=O) groups excluding carboxylic acids is 1. The molecule has 1 amide bonds. The van der Waals surface area contributed by atoms with E-state index < -0.39 is 0 Å². The Balaban J connectivity index is 1.33. The smallest absolute Gasteiger partial charge is 0.230 e. The minimum absolute atomic E-state index is 0.0362. The molecule has 2 heterocycles. The van der Waals surface area contributed by atoms with Crippen LogP contribution in [0.3, 0.4) is 0 Å². The fraction of sp³-hybridized carbons (Fsp3) is 0.238. The third-order valence-corrected chi connectivity index (χ3v) is 5.74. The number of aryl methyl sites for hydroxylation is 2. The molecule has 0 bridgehead atoms. The summed E-state index contributed by atoms with van der Waals surface area (Å²) < 4.78 is 1.70. The van der Waals surface area contributed by atoms with E-state index in [1.54, 1.807) is 4.68 Å². The molecule has 0 aliphatic carbocycles. The summed E-state index contributed by atoms with van der Waals surface area (Å²) >= 11 is 1.33. The van der Waals surface area contributed by atoms with E-state index in [9.17, 15) is 4.79 Å². The molecule has 0 unspecified atom stereocenters. The molecular weight excluding hydrogens is 384 g/mol. The van der Waals surface area contributed by atoms with Crippen LogP contribution >= 0.6 is 11.8 Å². The Labute approximate surface area is 172 Å². The standard InChI is InChI=1S/C21H22N6OS/c1-14-6-5-7-15(2)20(14)27-21(24-25-26-27)29-13-19(28)22-11-10-16-12-23-18-9-4-3-8-17(16)18/h3-9,12,23H,10-11,13H2,1-2H3,(H,22,28). The van der Waals surface area contributed by atoms with Crippen molar-refractivity contribution in [1.29, 1.82) is 0 Å². The lowest BCUT2D eigenvalue weighted by molar-refractivity contribution is -0.118. The number of rotatable bonds is 7. The first kappa shape index (κ1) is 19.2. The number of nitrogens with one attached hydrogen (secondary N) is 2. The third-order valence-electron chi connectivity index (χ3n) is 4.82. The Bertz CT molecular complexity index is 1130. The number of tetrazole rings is 1. The van der Waals surface area contributed by atoms with Gasteiger partial charge in [0.15, 0.2) is 0 Å². The van der Waals surface area contributed by atoms with Gasteiger partial charge < -0.3 is 10.3 Å². The Morgan fingerprint density at radius 3 is 2.76 bits per heavy atom. The first-order valence-electron chi connectivity index (χ1n) is 9.43. The van der Waals surface area contributed by atoms with Crippen LogP contribution in [-0.2, 0) is 11.2 Å². The van der Waals surface area contributed by atoms with Crippen molar-refractivity contribution in [1.82, 2.24) is 30.5 Å². The van der Waals surface area contributed by atoms with Gasteiger partial charge in [-0.05, 0) is 53.5 Å². The van der Waals surface area contributed by atoms with Crippen molar-refractivity contribution in [2.24, 2.45) is 0 Å². The van der Waals surface area contributed by atoms with Crippen molar-refractivity contribution in [3.8, 4) is 5.69 Å². The molecule has 0 fully saturated rings. The summed E-state index contributed by atoms with van der Waals surface area (Å²) in [5, 5.41) is 16.8. The van der Waals surface area contributed by atoms with Crippen LogP contribution in [0.4, 0.5) is 0 Å². The number of aromatic nitrogens is 5. The average Bonchev–Trinajstić information content (AvgIpc) is 3.34. The molecule has 8 heteroatoms. The highest BCUT2D eigenvalue weighted by Gasteiger charge is 2.14. The molecule has 7 nitrogen and oxygen atoms in total. The van der Waals surface area contributed by atoms with Gasteiger partial charge in [-0.2, -0.15) is 4.68 Å². The predicted molar refractivity (Wildman–Crippen MR) is 114 cm³/mol. The third kappa shape index (κ3) is 4.17. The zero-order chi connectivity index (χ0) is 20.2. The van der Waals surface area contributed by atoms with Crippen LogP contribution in [0.2, 0.25) is 0 Å². The number of fused-ring (bicyclic) bond motifs is 1. The van der Waals surface area contributed by atoms with E-state index in [0.29, 0.717) is 11.7 Å². The maximum absolute atomic E-state index is 12.3. The van der Waals surface area contributed by atoms with E-state index in [1.807, 2.05) is 50.4 Å². The van der Waals surface area contributed by atoms with Crippen molar-refractivity contribution in [3.05, 3.63) is 65.4 Å². The number of aromatic amines is 1. The molecule has 0 aliphatic heterocycles. The topological polar surface area (TPSA) is 88.5 Å². The fourth-order valence-corrected chi connectivity index (χ4v) is 4.11. The van der Waals surface area contributed by atoms with Crippen LogP contribution < -0.4 is 5.32 Å². The number of hydrogen-bond donors (Lipinski definition) is 2. The van der Waals surface area contributed by atoms with E-state index >= 15 is 0 Å². The van der Waals surface area contributed by atoms with Crippen LogP contribution in [0, 0.1) is 13.8 Å². The maximum atomic E-state index is 12.3. The lowest BCUT2D eigenvalue weighted by Gasteiger charge is -2.10. The van der Waals surface area contributed by atoms with Crippen molar-refractivity contribution < 1.29 is 4.79 Å². The molecule has 0 saturated carbocycles. The molecule has 148 valence electrons. The SMILES string of the molecule is Cc1cccc(C)c1-n1nnnc1SCC(=O)NCCc1c[nH]c2ccccc12. The number of carbonyl (C=O) groups is 1. The molecular formula is C21H22N6OS. The van der Waals surface area contributed by atoms with E-state index in [1.165, 1.54) is 22.7 Å². The predicted octanol–water partition coefficient (Wildman–Crippen LogP) is 3.21. The summed E-state index contributed by atoms with van der Waals surface area (Å²) in [6.45, 7) is 4.63. The number of H-pyrrole nitrogens is 1. The van der Waals surface area contributed by atoms with E-state index in [4.69, 9.17) is 0 Å². The Morgan fingerprint density at radius 2 is 1.93 bits per heavy atom. The van der Waals surface area contributed by atoms with Gasteiger partial charge in [0.05, 0.1) is 11.4 Å². The number of benzene rings is 2. The molecule has 0 atom stereocenters. The maximum Gasteiger partial charge on any atom is 0.230 e. The van der Waals surface area contributed by atoms with Gasteiger partial charge in [0.25, 0.3) is 0 Å². The molecule has 4 aromatic rings. The second kappa shape index (κ2) is 8.48. The van der Waals surface area contributed by atoms with Crippen LogP contribution in [0.25, 0.3) is 16.6 Å². The van der Waals surface area contributed by atoms with Crippen LogP contribution in [0.15, 0.2) is 53.8 Å². The zero-order valence-electron chi connectivity index (χ0n) is 16.3. The lowest BCUT2D eigenvalue weighted by Crippen LogP contribution is -2.27.